The van der Waals surface area contributed by atoms with Gasteiger partial charge in [-0.1, -0.05) is 12.1 Å². The number of hydrogen-bond donors (Lipinski definition) is 4. The van der Waals surface area contributed by atoms with Crippen LogP contribution in [-0.2, 0) is 0 Å². The van der Waals surface area contributed by atoms with Crippen LogP contribution in [0.4, 0.5) is 5.82 Å². The van der Waals surface area contributed by atoms with Crippen LogP contribution in [0.2, 0.25) is 0 Å². The minimum atomic E-state index is -0.837. The zero-order chi connectivity index (χ0) is 21.2. The number of benzene rings is 1. The molecule has 4 heterocycles. The predicted octanol–water partition coefficient (Wildman–Crippen LogP) is 2.55. The quantitative estimate of drug-likeness (QED) is 0.401. The topological polar surface area (TPSA) is 109 Å². The van der Waals surface area contributed by atoms with Gasteiger partial charge in [0.15, 0.2) is 0 Å². The molecular weight excluding hydrogens is 390 g/mol. The molecular formula is C24H25N5O2. The van der Waals surface area contributed by atoms with Crippen LogP contribution in [0.15, 0.2) is 60.9 Å². The van der Waals surface area contributed by atoms with Crippen molar-refractivity contribution in [2.24, 2.45) is 5.41 Å². The number of hydrogen-bond acceptors (Lipinski definition) is 6. The normalized spacial score (nSPS) is 30.6. The van der Waals surface area contributed by atoms with E-state index < -0.39 is 17.6 Å². The average Bonchev–Trinajstić information content (AvgIpc) is 3.47. The molecule has 158 valence electrons. The Morgan fingerprint density at radius 3 is 2.84 bits per heavy atom. The number of nitrogens with zero attached hydrogens (tertiary/aromatic N) is 3. The van der Waals surface area contributed by atoms with Gasteiger partial charge in [0.25, 0.3) is 0 Å². The number of nitrogen functional groups attached to an aromatic ring is 1. The van der Waals surface area contributed by atoms with Crippen LogP contribution >= 0.6 is 0 Å². The molecule has 1 aromatic carbocycles. The highest BCUT2D eigenvalue weighted by Gasteiger charge is 2.56. The number of anilines is 1. The van der Waals surface area contributed by atoms with Crippen LogP contribution in [0.25, 0.3) is 21.9 Å². The molecule has 5 unspecified atom stereocenters. The standard InChI is InChI=1S/C24H25N5O2/c25-20-6-5-14-3-4-16(10-17(14)28-20)18-11-24(13-27-18)12-19(21(30)22(24)31)29-9-7-15-2-1-8-26-23(15)29/h1-10,18-19,21-22,27,30-31H,11-13H2,(H2,25,28). The zero-order valence-electron chi connectivity index (χ0n) is 17.0. The SMILES string of the molecule is Nc1ccc2ccc(C3CC4(CN3)CC(n3ccc5cccnc53)C(O)C4O)cc2n1. The molecule has 1 spiro atoms. The molecule has 31 heavy (non-hydrogen) atoms. The third-order valence-electron chi connectivity index (χ3n) is 7.25. The number of rotatable bonds is 2. The molecule has 4 aromatic rings. The fourth-order valence-electron chi connectivity index (χ4n) is 5.61. The van der Waals surface area contributed by atoms with E-state index in [1.807, 2.05) is 35.0 Å². The molecule has 5 atom stereocenters. The fraction of sp³-hybridized carbons (Fsp3) is 0.333. The summed E-state index contributed by atoms with van der Waals surface area (Å²) < 4.78 is 2.02. The number of fused-ring (bicyclic) bond motifs is 2. The van der Waals surface area contributed by atoms with E-state index in [0.717, 1.165) is 33.9 Å². The molecule has 7 nitrogen and oxygen atoms in total. The lowest BCUT2D eigenvalue weighted by Crippen LogP contribution is -2.38. The molecule has 2 fully saturated rings. The number of aliphatic hydroxyl groups is 2. The molecule has 5 N–H and O–H groups in total. The first-order valence-corrected chi connectivity index (χ1v) is 10.7. The van der Waals surface area contributed by atoms with Crippen LogP contribution in [0.3, 0.4) is 0 Å². The summed E-state index contributed by atoms with van der Waals surface area (Å²) in [7, 11) is 0. The minimum Gasteiger partial charge on any atom is -0.390 e. The van der Waals surface area contributed by atoms with Crippen molar-refractivity contribution in [1.82, 2.24) is 19.9 Å². The highest BCUT2D eigenvalue weighted by molar-refractivity contribution is 5.80. The molecule has 6 rings (SSSR count). The summed E-state index contributed by atoms with van der Waals surface area (Å²) in [5, 5.41) is 27.8. The van der Waals surface area contributed by atoms with E-state index in [2.05, 4.69) is 33.5 Å². The first-order chi connectivity index (χ1) is 15.0. The molecule has 0 bridgehead atoms. The van der Waals surface area contributed by atoms with Gasteiger partial charge in [-0.3, -0.25) is 0 Å². The van der Waals surface area contributed by atoms with Gasteiger partial charge in [-0.25, -0.2) is 9.97 Å². The lowest BCUT2D eigenvalue weighted by atomic mass is 9.80. The van der Waals surface area contributed by atoms with Gasteiger partial charge in [0, 0.05) is 41.2 Å². The van der Waals surface area contributed by atoms with E-state index in [4.69, 9.17) is 5.73 Å². The van der Waals surface area contributed by atoms with Crippen molar-refractivity contribution >= 4 is 27.8 Å². The fourth-order valence-corrected chi connectivity index (χ4v) is 5.61. The van der Waals surface area contributed by atoms with Gasteiger partial charge in [0.05, 0.1) is 17.7 Å². The highest BCUT2D eigenvalue weighted by Crippen LogP contribution is 2.52. The summed E-state index contributed by atoms with van der Waals surface area (Å²) in [5.41, 5.74) is 8.31. The first-order valence-electron chi connectivity index (χ1n) is 10.7. The third kappa shape index (κ3) is 2.85. The van der Waals surface area contributed by atoms with Crippen molar-refractivity contribution < 1.29 is 10.2 Å². The number of nitrogens with one attached hydrogen (secondary N) is 1. The smallest absolute Gasteiger partial charge is 0.140 e. The molecule has 1 aliphatic carbocycles. The lowest BCUT2D eigenvalue weighted by molar-refractivity contribution is -0.0218. The van der Waals surface area contributed by atoms with Gasteiger partial charge in [0.1, 0.15) is 17.6 Å². The number of aromatic nitrogens is 3. The maximum atomic E-state index is 11.1. The Balaban J connectivity index is 1.30. The Morgan fingerprint density at radius 1 is 1.06 bits per heavy atom. The minimum absolute atomic E-state index is 0.0905. The number of nitrogens with two attached hydrogens (primary N) is 1. The van der Waals surface area contributed by atoms with E-state index in [-0.39, 0.29) is 12.1 Å². The Morgan fingerprint density at radius 2 is 1.94 bits per heavy atom. The van der Waals surface area contributed by atoms with Crippen molar-refractivity contribution in [2.45, 2.75) is 37.1 Å². The van der Waals surface area contributed by atoms with Crippen LogP contribution in [0.1, 0.15) is 30.5 Å². The molecule has 1 saturated heterocycles. The van der Waals surface area contributed by atoms with E-state index in [9.17, 15) is 10.2 Å². The molecule has 2 aliphatic rings. The Kier molecular flexibility index (Phi) is 4.08. The summed E-state index contributed by atoms with van der Waals surface area (Å²) in [6.07, 6.45) is 3.54. The monoisotopic (exact) mass is 415 g/mol. The number of aliphatic hydroxyl groups excluding tert-OH is 2. The summed E-state index contributed by atoms with van der Waals surface area (Å²) in [4.78, 5) is 8.95. The third-order valence-corrected chi connectivity index (χ3v) is 7.25. The second-order valence-corrected chi connectivity index (χ2v) is 9.03. The van der Waals surface area contributed by atoms with Gasteiger partial charge in [-0.2, -0.15) is 0 Å². The first kappa shape index (κ1) is 18.7. The molecule has 0 radical (unpaired) electrons. The zero-order valence-corrected chi connectivity index (χ0v) is 17.0. The highest BCUT2D eigenvalue weighted by atomic mass is 16.3. The predicted molar refractivity (Wildman–Crippen MR) is 119 cm³/mol. The lowest BCUT2D eigenvalue weighted by Gasteiger charge is -2.27. The van der Waals surface area contributed by atoms with E-state index in [0.29, 0.717) is 18.8 Å². The van der Waals surface area contributed by atoms with Crippen LogP contribution in [0, 0.1) is 5.41 Å². The summed E-state index contributed by atoms with van der Waals surface area (Å²) in [6.45, 7) is 0.654. The van der Waals surface area contributed by atoms with Crippen LogP contribution < -0.4 is 11.1 Å². The maximum absolute atomic E-state index is 11.1. The largest absolute Gasteiger partial charge is 0.390 e. The van der Waals surface area contributed by atoms with E-state index in [1.54, 1.807) is 12.3 Å². The Bertz CT molecular complexity index is 1290. The van der Waals surface area contributed by atoms with E-state index in [1.165, 1.54) is 0 Å². The summed E-state index contributed by atoms with van der Waals surface area (Å²) >= 11 is 0. The second-order valence-electron chi connectivity index (χ2n) is 9.03. The van der Waals surface area contributed by atoms with Crippen molar-refractivity contribution in [3.8, 4) is 0 Å². The second kappa shape index (κ2) is 6.75. The van der Waals surface area contributed by atoms with Crippen molar-refractivity contribution in [3.05, 3.63) is 66.5 Å². The summed E-state index contributed by atoms with van der Waals surface area (Å²) in [5.74, 6) is 0.505. The van der Waals surface area contributed by atoms with Crippen molar-refractivity contribution in [1.29, 1.82) is 0 Å². The van der Waals surface area contributed by atoms with Crippen LogP contribution in [0.5, 0.6) is 0 Å². The Hall–Kier alpha value is -3.00. The van der Waals surface area contributed by atoms with Gasteiger partial charge in [0.2, 0.25) is 0 Å². The number of pyridine rings is 2. The van der Waals surface area contributed by atoms with Gasteiger partial charge in [-0.05, 0) is 54.8 Å². The maximum Gasteiger partial charge on any atom is 0.140 e. The molecule has 1 aliphatic heterocycles. The molecule has 0 amide bonds. The average molecular weight is 415 g/mol. The van der Waals surface area contributed by atoms with Crippen LogP contribution in [-0.4, -0.2) is 43.5 Å². The molecule has 1 saturated carbocycles. The Labute approximate surface area is 179 Å². The van der Waals surface area contributed by atoms with Gasteiger partial charge in [-0.15, -0.1) is 0 Å². The van der Waals surface area contributed by atoms with Crippen molar-refractivity contribution in [2.75, 3.05) is 12.3 Å². The van der Waals surface area contributed by atoms with Crippen molar-refractivity contribution in [3.63, 3.8) is 0 Å². The van der Waals surface area contributed by atoms with Gasteiger partial charge < -0.3 is 25.8 Å². The summed E-state index contributed by atoms with van der Waals surface area (Å²) in [6, 6.07) is 15.8. The molecule has 7 heteroatoms. The molecule has 3 aromatic heterocycles. The van der Waals surface area contributed by atoms with E-state index >= 15 is 0 Å². The van der Waals surface area contributed by atoms with Gasteiger partial charge >= 0.3 is 0 Å².